The zero-order valence-electron chi connectivity index (χ0n) is 8.93. The Morgan fingerprint density at radius 2 is 2.38 bits per heavy atom. The fraction of sp³-hybridized carbons (Fsp3) is 0.667. The van der Waals surface area contributed by atoms with Gasteiger partial charge in [0.25, 0.3) is 0 Å². The topological polar surface area (TPSA) is 95.1 Å². The molecule has 7 nitrogen and oxygen atoms in total. The van der Waals surface area contributed by atoms with E-state index in [1.807, 2.05) is 4.68 Å². The maximum Gasteiger partial charge on any atom is 0.404 e. The van der Waals surface area contributed by atoms with Crippen molar-refractivity contribution in [3.05, 3.63) is 11.9 Å². The highest BCUT2D eigenvalue weighted by atomic mass is 16.5. The van der Waals surface area contributed by atoms with E-state index in [0.717, 1.165) is 25.9 Å². The molecule has 7 heteroatoms. The minimum absolute atomic E-state index is 0.0836. The number of carbonyl (C=O) groups is 1. The molecule has 0 atom stereocenters. The van der Waals surface area contributed by atoms with E-state index in [2.05, 4.69) is 20.4 Å². The fourth-order valence-electron chi connectivity index (χ4n) is 1.77. The molecule has 1 aromatic rings. The number of nitrogens with one attached hydrogen (secondary N) is 1. The van der Waals surface area contributed by atoms with Crippen LogP contribution in [0.3, 0.4) is 0 Å². The van der Waals surface area contributed by atoms with Gasteiger partial charge >= 0.3 is 6.09 Å². The van der Waals surface area contributed by atoms with Crippen molar-refractivity contribution in [1.82, 2.24) is 20.3 Å². The molecule has 1 amide bonds. The molecule has 0 bridgehead atoms. The number of amides is 1. The van der Waals surface area contributed by atoms with Gasteiger partial charge in [0, 0.05) is 0 Å². The van der Waals surface area contributed by atoms with Gasteiger partial charge in [-0.05, 0) is 25.9 Å². The molecule has 1 saturated heterocycles. The molecule has 16 heavy (non-hydrogen) atoms. The second kappa shape index (κ2) is 4.93. The summed E-state index contributed by atoms with van der Waals surface area (Å²) in [5.41, 5.74) is 5.49. The fourth-order valence-corrected chi connectivity index (χ4v) is 1.77. The minimum Gasteiger partial charge on any atom is -0.443 e. The van der Waals surface area contributed by atoms with Crippen LogP contribution >= 0.6 is 0 Å². The van der Waals surface area contributed by atoms with Crippen LogP contribution in [0.5, 0.6) is 0 Å². The first-order valence-electron chi connectivity index (χ1n) is 5.29. The van der Waals surface area contributed by atoms with Crippen molar-refractivity contribution in [2.75, 3.05) is 13.1 Å². The third-order valence-corrected chi connectivity index (χ3v) is 2.60. The molecule has 0 radical (unpaired) electrons. The number of carbonyl (C=O) groups excluding carboxylic acids is 1. The highest BCUT2D eigenvalue weighted by Gasteiger charge is 2.16. The number of aromatic nitrogens is 3. The summed E-state index contributed by atoms with van der Waals surface area (Å²) in [4.78, 5) is 10.4. The van der Waals surface area contributed by atoms with Gasteiger partial charge in [-0.25, -0.2) is 9.48 Å². The van der Waals surface area contributed by atoms with E-state index in [-0.39, 0.29) is 6.61 Å². The number of hydrogen-bond donors (Lipinski definition) is 2. The molecule has 1 aliphatic heterocycles. The molecule has 0 unspecified atom stereocenters. The molecule has 2 rings (SSSR count). The number of ether oxygens (including phenoxy) is 1. The Hall–Kier alpha value is -1.63. The predicted molar refractivity (Wildman–Crippen MR) is 55.5 cm³/mol. The number of rotatable bonds is 3. The molecule has 0 aliphatic carbocycles. The van der Waals surface area contributed by atoms with Gasteiger partial charge in [0.05, 0.1) is 12.2 Å². The monoisotopic (exact) mass is 225 g/mol. The quantitative estimate of drug-likeness (QED) is 0.742. The smallest absolute Gasteiger partial charge is 0.404 e. The van der Waals surface area contributed by atoms with E-state index in [1.165, 1.54) is 0 Å². The van der Waals surface area contributed by atoms with Crippen molar-refractivity contribution < 1.29 is 9.53 Å². The van der Waals surface area contributed by atoms with E-state index in [1.54, 1.807) is 6.20 Å². The molecule has 1 aliphatic rings. The molecule has 3 N–H and O–H groups in total. The lowest BCUT2D eigenvalue weighted by atomic mass is 10.1. The standard InChI is InChI=1S/C9H15N5O2/c10-9(15)16-6-7-5-14(13-12-7)8-1-3-11-4-2-8/h5,8,11H,1-4,6H2,(H2,10,15). The summed E-state index contributed by atoms with van der Waals surface area (Å²) in [6, 6.07) is 0.385. The van der Waals surface area contributed by atoms with Crippen molar-refractivity contribution in [2.45, 2.75) is 25.5 Å². The Morgan fingerprint density at radius 3 is 3.06 bits per heavy atom. The van der Waals surface area contributed by atoms with Crippen LogP contribution in [0.1, 0.15) is 24.6 Å². The van der Waals surface area contributed by atoms with Crippen LogP contribution in [0.15, 0.2) is 6.20 Å². The van der Waals surface area contributed by atoms with E-state index >= 15 is 0 Å². The van der Waals surface area contributed by atoms with Gasteiger partial charge in [0.15, 0.2) is 0 Å². The van der Waals surface area contributed by atoms with E-state index < -0.39 is 6.09 Å². The molecule has 0 spiro atoms. The summed E-state index contributed by atoms with van der Waals surface area (Å²) in [5, 5.41) is 11.2. The molecule has 0 aromatic carbocycles. The molecule has 1 aromatic heterocycles. The number of nitrogens with zero attached hydrogens (tertiary/aromatic N) is 3. The Balaban J connectivity index is 1.93. The van der Waals surface area contributed by atoms with Gasteiger partial charge in [0.1, 0.15) is 12.3 Å². The Bertz CT molecular complexity index is 359. The summed E-state index contributed by atoms with van der Waals surface area (Å²) in [6.07, 6.45) is 3.09. The van der Waals surface area contributed by atoms with Crippen molar-refractivity contribution in [3.8, 4) is 0 Å². The zero-order valence-corrected chi connectivity index (χ0v) is 8.93. The number of nitrogens with two attached hydrogens (primary N) is 1. The molecule has 2 heterocycles. The lowest BCUT2D eigenvalue weighted by molar-refractivity contribution is 0.149. The number of piperidine rings is 1. The summed E-state index contributed by atoms with van der Waals surface area (Å²) in [5.74, 6) is 0. The molecular weight excluding hydrogens is 210 g/mol. The number of hydrogen-bond acceptors (Lipinski definition) is 5. The highest BCUT2D eigenvalue weighted by molar-refractivity contribution is 5.64. The summed E-state index contributed by atoms with van der Waals surface area (Å²) in [7, 11) is 0. The van der Waals surface area contributed by atoms with Gasteiger partial charge in [-0.15, -0.1) is 5.10 Å². The van der Waals surface area contributed by atoms with E-state index in [4.69, 9.17) is 5.73 Å². The second-order valence-corrected chi connectivity index (χ2v) is 3.78. The molecule has 1 fully saturated rings. The Morgan fingerprint density at radius 1 is 1.62 bits per heavy atom. The average Bonchev–Trinajstić information content (AvgIpc) is 2.76. The van der Waals surface area contributed by atoms with Gasteiger partial charge in [-0.1, -0.05) is 5.21 Å². The SMILES string of the molecule is NC(=O)OCc1cn(C2CCNCC2)nn1. The zero-order chi connectivity index (χ0) is 11.4. The van der Waals surface area contributed by atoms with Crippen LogP contribution in [0.2, 0.25) is 0 Å². The predicted octanol–water partition coefficient (Wildman–Crippen LogP) is -0.202. The van der Waals surface area contributed by atoms with Gasteiger partial charge in [0.2, 0.25) is 0 Å². The van der Waals surface area contributed by atoms with Crippen LogP contribution in [-0.4, -0.2) is 34.2 Å². The van der Waals surface area contributed by atoms with Crippen molar-refractivity contribution >= 4 is 6.09 Å². The first-order valence-corrected chi connectivity index (χ1v) is 5.29. The van der Waals surface area contributed by atoms with Crippen LogP contribution in [0.25, 0.3) is 0 Å². The first-order chi connectivity index (χ1) is 7.75. The highest BCUT2D eigenvalue weighted by Crippen LogP contribution is 2.17. The minimum atomic E-state index is -0.795. The van der Waals surface area contributed by atoms with E-state index in [9.17, 15) is 4.79 Å². The van der Waals surface area contributed by atoms with Crippen molar-refractivity contribution in [1.29, 1.82) is 0 Å². The Labute approximate surface area is 92.9 Å². The second-order valence-electron chi connectivity index (χ2n) is 3.78. The van der Waals surface area contributed by atoms with Gasteiger partial charge in [-0.3, -0.25) is 0 Å². The maximum atomic E-state index is 10.4. The molecule has 88 valence electrons. The third kappa shape index (κ3) is 2.69. The van der Waals surface area contributed by atoms with Gasteiger partial charge < -0.3 is 15.8 Å². The van der Waals surface area contributed by atoms with Crippen molar-refractivity contribution in [3.63, 3.8) is 0 Å². The van der Waals surface area contributed by atoms with Crippen LogP contribution in [0.4, 0.5) is 4.79 Å². The molecule has 0 saturated carbocycles. The van der Waals surface area contributed by atoms with Crippen LogP contribution < -0.4 is 11.1 Å². The lowest BCUT2D eigenvalue weighted by Crippen LogP contribution is -2.29. The van der Waals surface area contributed by atoms with Crippen LogP contribution in [0, 0.1) is 0 Å². The number of primary amides is 1. The van der Waals surface area contributed by atoms with E-state index in [0.29, 0.717) is 11.7 Å². The largest absolute Gasteiger partial charge is 0.443 e. The summed E-state index contributed by atoms with van der Waals surface area (Å²) < 4.78 is 6.47. The van der Waals surface area contributed by atoms with Gasteiger partial charge in [-0.2, -0.15) is 0 Å². The van der Waals surface area contributed by atoms with Crippen LogP contribution in [-0.2, 0) is 11.3 Å². The third-order valence-electron chi connectivity index (χ3n) is 2.60. The van der Waals surface area contributed by atoms with Crippen molar-refractivity contribution in [2.24, 2.45) is 5.73 Å². The maximum absolute atomic E-state index is 10.4. The summed E-state index contributed by atoms with van der Waals surface area (Å²) >= 11 is 0. The lowest BCUT2D eigenvalue weighted by Gasteiger charge is -2.22. The Kier molecular flexibility index (Phi) is 3.35. The summed E-state index contributed by atoms with van der Waals surface area (Å²) in [6.45, 7) is 2.08. The first kappa shape index (κ1) is 10.9. The molecular formula is C9H15N5O2. The normalized spacial score (nSPS) is 17.2. The average molecular weight is 225 g/mol.